The predicted octanol–water partition coefficient (Wildman–Crippen LogP) is 3.01. The molecule has 0 amide bonds. The van der Waals surface area contributed by atoms with Crippen LogP contribution in [-0.2, 0) is 15.6 Å². The summed E-state index contributed by atoms with van der Waals surface area (Å²) >= 11 is 5.67. The van der Waals surface area contributed by atoms with Crippen molar-refractivity contribution in [2.45, 2.75) is 10.8 Å². The summed E-state index contributed by atoms with van der Waals surface area (Å²) in [6.07, 6.45) is 0.0835. The summed E-state index contributed by atoms with van der Waals surface area (Å²) in [5.74, 6) is -0.797. The lowest BCUT2D eigenvalue weighted by atomic mass is 10.1. The van der Waals surface area contributed by atoms with Crippen LogP contribution >= 0.6 is 38.5 Å². The molecule has 0 aliphatic rings. The molecule has 1 rings (SSSR count). The molecule has 0 aromatic heterocycles. The van der Waals surface area contributed by atoms with Gasteiger partial charge in [0.05, 0.1) is 6.42 Å². The SMILES string of the molecule is O=C(O)Cc1ccc(CI)c(Br)c1. The van der Waals surface area contributed by atoms with Crippen molar-refractivity contribution < 1.29 is 9.90 Å². The highest BCUT2D eigenvalue weighted by molar-refractivity contribution is 14.1. The second-order valence-corrected chi connectivity index (χ2v) is 4.25. The molecule has 0 fully saturated rings. The van der Waals surface area contributed by atoms with Crippen molar-refractivity contribution in [2.24, 2.45) is 0 Å². The third-order valence-corrected chi connectivity index (χ3v) is 3.18. The van der Waals surface area contributed by atoms with E-state index in [0.717, 1.165) is 14.5 Å². The van der Waals surface area contributed by atoms with Gasteiger partial charge in [0.25, 0.3) is 0 Å². The molecule has 0 saturated carbocycles. The number of alkyl halides is 1. The van der Waals surface area contributed by atoms with Crippen LogP contribution in [0.2, 0.25) is 0 Å². The van der Waals surface area contributed by atoms with Crippen LogP contribution < -0.4 is 0 Å². The van der Waals surface area contributed by atoms with Gasteiger partial charge in [-0.2, -0.15) is 0 Å². The Kier molecular flexibility index (Phi) is 4.18. The fourth-order valence-corrected chi connectivity index (χ4v) is 2.74. The molecule has 0 saturated heterocycles. The molecule has 1 aromatic carbocycles. The first-order chi connectivity index (χ1) is 6.13. The van der Waals surface area contributed by atoms with Crippen molar-refractivity contribution in [1.29, 1.82) is 0 Å². The number of benzene rings is 1. The number of carboxylic acid groups (broad SMARTS) is 1. The number of aliphatic carboxylic acids is 1. The first kappa shape index (κ1) is 11.0. The molecule has 4 heteroatoms. The molecule has 2 nitrogen and oxygen atoms in total. The van der Waals surface area contributed by atoms with Gasteiger partial charge in [-0.25, -0.2) is 0 Å². The van der Waals surface area contributed by atoms with Crippen molar-refractivity contribution in [3.05, 3.63) is 33.8 Å². The van der Waals surface area contributed by atoms with E-state index in [2.05, 4.69) is 38.5 Å². The fourth-order valence-electron chi connectivity index (χ4n) is 0.984. The summed E-state index contributed by atoms with van der Waals surface area (Å²) in [7, 11) is 0. The number of carbonyl (C=O) groups is 1. The molecule has 1 N–H and O–H groups in total. The van der Waals surface area contributed by atoms with Gasteiger partial charge in [0.2, 0.25) is 0 Å². The largest absolute Gasteiger partial charge is 0.481 e. The lowest BCUT2D eigenvalue weighted by Crippen LogP contribution is -2.00. The summed E-state index contributed by atoms with van der Waals surface area (Å²) in [4.78, 5) is 10.4. The highest BCUT2D eigenvalue weighted by atomic mass is 127. The molecule has 0 spiro atoms. The van der Waals surface area contributed by atoms with Crippen molar-refractivity contribution >= 4 is 44.5 Å². The third-order valence-electron chi connectivity index (χ3n) is 1.62. The van der Waals surface area contributed by atoms with E-state index in [0.29, 0.717) is 0 Å². The fraction of sp³-hybridized carbons (Fsp3) is 0.222. The molecule has 0 unspecified atom stereocenters. The van der Waals surface area contributed by atoms with Crippen molar-refractivity contribution in [1.82, 2.24) is 0 Å². The van der Waals surface area contributed by atoms with E-state index >= 15 is 0 Å². The van der Waals surface area contributed by atoms with Gasteiger partial charge in [0.1, 0.15) is 0 Å². The molecule has 0 aliphatic heterocycles. The van der Waals surface area contributed by atoms with Gasteiger partial charge in [-0.05, 0) is 17.2 Å². The standard InChI is InChI=1S/C9H8BrIO2/c10-8-3-6(4-9(12)13)1-2-7(8)5-11/h1-3H,4-5H2,(H,12,13). The van der Waals surface area contributed by atoms with Crippen LogP contribution in [0.1, 0.15) is 11.1 Å². The second kappa shape index (κ2) is 4.95. The van der Waals surface area contributed by atoms with Crippen molar-refractivity contribution in [2.75, 3.05) is 0 Å². The maximum Gasteiger partial charge on any atom is 0.307 e. The summed E-state index contributed by atoms with van der Waals surface area (Å²) in [6.45, 7) is 0. The smallest absolute Gasteiger partial charge is 0.307 e. The van der Waals surface area contributed by atoms with Gasteiger partial charge < -0.3 is 5.11 Å². The third kappa shape index (κ3) is 3.27. The molecule has 1 aromatic rings. The lowest BCUT2D eigenvalue weighted by Gasteiger charge is -2.02. The number of rotatable bonds is 3. The minimum atomic E-state index is -0.797. The maximum atomic E-state index is 10.4. The average molecular weight is 355 g/mol. The Morgan fingerprint density at radius 3 is 2.69 bits per heavy atom. The molecular formula is C9H8BrIO2. The molecule has 13 heavy (non-hydrogen) atoms. The van der Waals surface area contributed by atoms with E-state index < -0.39 is 5.97 Å². The van der Waals surface area contributed by atoms with Crippen molar-refractivity contribution in [3.8, 4) is 0 Å². The first-order valence-corrected chi connectivity index (χ1v) is 6.00. The minimum absolute atomic E-state index is 0.0835. The molecule has 70 valence electrons. The Balaban J connectivity index is 2.89. The van der Waals surface area contributed by atoms with E-state index in [1.54, 1.807) is 0 Å². The van der Waals surface area contributed by atoms with Crippen LogP contribution in [0.25, 0.3) is 0 Å². The lowest BCUT2D eigenvalue weighted by molar-refractivity contribution is -0.136. The summed E-state index contributed by atoms with van der Waals surface area (Å²) in [5.41, 5.74) is 2.02. The van der Waals surface area contributed by atoms with Crippen molar-refractivity contribution in [3.63, 3.8) is 0 Å². The van der Waals surface area contributed by atoms with E-state index in [-0.39, 0.29) is 6.42 Å². The second-order valence-electron chi connectivity index (χ2n) is 2.63. The number of carboxylic acids is 1. The molecule has 0 heterocycles. The zero-order chi connectivity index (χ0) is 9.84. The number of halogens is 2. The molecule has 0 aliphatic carbocycles. The van der Waals surface area contributed by atoms with Crippen LogP contribution in [0.4, 0.5) is 0 Å². The van der Waals surface area contributed by atoms with E-state index in [4.69, 9.17) is 5.11 Å². The number of hydrogen-bond acceptors (Lipinski definition) is 1. The highest BCUT2D eigenvalue weighted by Gasteiger charge is 2.03. The molecule has 0 bridgehead atoms. The monoisotopic (exact) mass is 354 g/mol. The Labute approximate surface area is 98.6 Å². The molecular weight excluding hydrogens is 347 g/mol. The quantitative estimate of drug-likeness (QED) is 0.669. The molecule has 0 atom stereocenters. The van der Waals surface area contributed by atoms with Gasteiger partial charge in [0, 0.05) is 8.90 Å². The van der Waals surface area contributed by atoms with Crippen LogP contribution in [0.15, 0.2) is 22.7 Å². The van der Waals surface area contributed by atoms with E-state index in [1.165, 1.54) is 5.56 Å². The molecule has 0 radical (unpaired) electrons. The Hall–Kier alpha value is -0.100. The van der Waals surface area contributed by atoms with Crippen LogP contribution in [0.5, 0.6) is 0 Å². The zero-order valence-electron chi connectivity index (χ0n) is 6.76. The van der Waals surface area contributed by atoms with Crippen LogP contribution in [0, 0.1) is 0 Å². The average Bonchev–Trinajstić information content (AvgIpc) is 2.03. The maximum absolute atomic E-state index is 10.4. The Morgan fingerprint density at radius 1 is 1.54 bits per heavy atom. The van der Waals surface area contributed by atoms with Gasteiger partial charge in [-0.15, -0.1) is 0 Å². The number of hydrogen-bond donors (Lipinski definition) is 1. The Bertz CT molecular complexity index is 325. The summed E-state index contributed by atoms with van der Waals surface area (Å²) < 4.78 is 1.91. The van der Waals surface area contributed by atoms with Gasteiger partial charge in [-0.1, -0.05) is 50.7 Å². The van der Waals surface area contributed by atoms with E-state index in [1.807, 2.05) is 18.2 Å². The highest BCUT2D eigenvalue weighted by Crippen LogP contribution is 2.21. The zero-order valence-corrected chi connectivity index (χ0v) is 10.5. The van der Waals surface area contributed by atoms with Gasteiger partial charge in [-0.3, -0.25) is 4.79 Å². The topological polar surface area (TPSA) is 37.3 Å². The Morgan fingerprint density at radius 2 is 2.23 bits per heavy atom. The van der Waals surface area contributed by atoms with Crippen LogP contribution in [0.3, 0.4) is 0 Å². The first-order valence-electron chi connectivity index (χ1n) is 3.68. The van der Waals surface area contributed by atoms with Crippen LogP contribution in [-0.4, -0.2) is 11.1 Å². The van der Waals surface area contributed by atoms with Gasteiger partial charge in [0.15, 0.2) is 0 Å². The summed E-state index contributed by atoms with van der Waals surface area (Å²) in [5, 5.41) is 8.57. The normalized spacial score (nSPS) is 10.0. The van der Waals surface area contributed by atoms with E-state index in [9.17, 15) is 4.79 Å². The predicted molar refractivity (Wildman–Crippen MR) is 63.2 cm³/mol. The summed E-state index contributed by atoms with van der Waals surface area (Å²) in [6, 6.07) is 5.67. The van der Waals surface area contributed by atoms with Gasteiger partial charge >= 0.3 is 5.97 Å². The minimum Gasteiger partial charge on any atom is -0.481 e.